The molecule has 1 aromatic carbocycles. The fraction of sp³-hybridized carbons (Fsp3) is 0.788. The molecule has 1 N–H and O–H groups in total. The first-order valence-corrected chi connectivity index (χ1v) is 17.6. The van der Waals surface area contributed by atoms with E-state index in [9.17, 15) is 18.3 Å². The van der Waals surface area contributed by atoms with E-state index in [1.54, 1.807) is 42.3 Å². The normalized spacial score (nSPS) is 36.9. The summed E-state index contributed by atoms with van der Waals surface area (Å²) in [4.78, 5) is 15.5. The van der Waals surface area contributed by atoms with Crippen molar-refractivity contribution in [3.05, 3.63) is 30.3 Å². The van der Waals surface area contributed by atoms with Crippen LogP contribution in [-0.2, 0) is 24.0 Å². The number of amides is 1. The van der Waals surface area contributed by atoms with Gasteiger partial charge in [0, 0.05) is 19.1 Å². The van der Waals surface area contributed by atoms with Gasteiger partial charge >= 0.3 is 6.09 Å². The van der Waals surface area contributed by atoms with Crippen molar-refractivity contribution in [2.24, 2.45) is 29.6 Å². The van der Waals surface area contributed by atoms with Gasteiger partial charge in [-0.1, -0.05) is 37.5 Å². The molecule has 2 heterocycles. The molecule has 4 fully saturated rings. The number of nitrogens with zero attached hydrogens (tertiary/aromatic N) is 1. The van der Waals surface area contributed by atoms with Gasteiger partial charge in [0.1, 0.15) is 5.60 Å². The molecule has 2 aliphatic carbocycles. The molecular formula is C33H51NO7S. The molecule has 236 valence electrons. The van der Waals surface area contributed by atoms with Gasteiger partial charge in [-0.3, -0.25) is 4.90 Å². The van der Waals surface area contributed by atoms with Crippen molar-refractivity contribution >= 4 is 15.9 Å². The van der Waals surface area contributed by atoms with E-state index in [1.165, 1.54) is 0 Å². The van der Waals surface area contributed by atoms with E-state index in [4.69, 9.17) is 14.2 Å². The lowest BCUT2D eigenvalue weighted by atomic mass is 9.56. The highest BCUT2D eigenvalue weighted by atomic mass is 32.2. The number of carbonyl (C=O) groups is 1. The zero-order valence-electron chi connectivity index (χ0n) is 26.1. The standard InChI is InChI=1S/C33H51NO7S/c1-20-13-12-18-26(34(20)32(36)41-33(3,4)5)29(35)30(42(37,38)23-15-8-7-9-16-23)28-24-17-11-10-14-22(24)19-25-27(28)21(2)40-31(25)39-6/h7-9,15-16,20-22,24-31,35H,10-14,17-19H2,1-6H3/t20-,21-,22+,24-,25-,26-,27-,28+,29?,30?,31-/m0/s1. The molecular weight excluding hydrogens is 554 g/mol. The number of hydrogen-bond donors (Lipinski definition) is 1. The Kier molecular flexibility index (Phi) is 9.35. The summed E-state index contributed by atoms with van der Waals surface area (Å²) in [6.07, 6.45) is 4.84. The van der Waals surface area contributed by atoms with Crippen LogP contribution in [0.2, 0.25) is 0 Å². The summed E-state index contributed by atoms with van der Waals surface area (Å²) in [5, 5.41) is 11.4. The van der Waals surface area contributed by atoms with Crippen LogP contribution in [0, 0.1) is 29.6 Å². The molecule has 42 heavy (non-hydrogen) atoms. The van der Waals surface area contributed by atoms with Crippen LogP contribution < -0.4 is 0 Å². The summed E-state index contributed by atoms with van der Waals surface area (Å²) in [7, 11) is -2.35. The Balaban J connectivity index is 1.63. The smallest absolute Gasteiger partial charge is 0.410 e. The van der Waals surface area contributed by atoms with Gasteiger partial charge in [0.25, 0.3) is 0 Å². The van der Waals surface area contributed by atoms with Crippen molar-refractivity contribution < 1.29 is 32.5 Å². The zero-order valence-corrected chi connectivity index (χ0v) is 27.0. The Labute approximate surface area is 252 Å². The summed E-state index contributed by atoms with van der Waals surface area (Å²) in [6.45, 7) is 9.47. The number of fused-ring (bicyclic) bond motifs is 2. The minimum atomic E-state index is -4.01. The Bertz CT molecular complexity index is 1180. The number of hydrogen-bond acceptors (Lipinski definition) is 7. The summed E-state index contributed by atoms with van der Waals surface area (Å²) in [5.74, 6) is 0.146. The minimum Gasteiger partial charge on any atom is -0.444 e. The molecule has 0 spiro atoms. The predicted molar refractivity (Wildman–Crippen MR) is 160 cm³/mol. The Morgan fingerprint density at radius 2 is 1.71 bits per heavy atom. The minimum absolute atomic E-state index is 0.0576. The highest BCUT2D eigenvalue weighted by molar-refractivity contribution is 7.92. The van der Waals surface area contributed by atoms with Gasteiger partial charge in [0.2, 0.25) is 0 Å². The van der Waals surface area contributed by atoms with E-state index < -0.39 is 38.9 Å². The van der Waals surface area contributed by atoms with Crippen LogP contribution in [0.1, 0.15) is 86.0 Å². The third-order valence-electron chi connectivity index (χ3n) is 10.5. The first-order valence-electron chi connectivity index (χ1n) is 16.0. The fourth-order valence-electron chi connectivity index (χ4n) is 8.96. The van der Waals surface area contributed by atoms with Crippen molar-refractivity contribution in [1.29, 1.82) is 0 Å². The van der Waals surface area contributed by atoms with Crippen molar-refractivity contribution in [3.8, 4) is 0 Å². The molecule has 2 saturated carbocycles. The van der Waals surface area contributed by atoms with Crippen molar-refractivity contribution in [2.45, 2.75) is 132 Å². The van der Waals surface area contributed by atoms with Gasteiger partial charge in [0.15, 0.2) is 16.1 Å². The second-order valence-corrected chi connectivity index (χ2v) is 16.4. The van der Waals surface area contributed by atoms with E-state index in [0.29, 0.717) is 12.3 Å². The number of ether oxygens (including phenoxy) is 3. The number of piperidine rings is 1. The molecule has 9 heteroatoms. The second-order valence-electron chi connectivity index (χ2n) is 14.3. The molecule has 1 aromatic rings. The van der Waals surface area contributed by atoms with Crippen LogP contribution >= 0.6 is 0 Å². The number of likely N-dealkylation sites (tertiary alicyclic amines) is 1. The lowest BCUT2D eigenvalue weighted by Gasteiger charge is -2.53. The van der Waals surface area contributed by atoms with Gasteiger partial charge < -0.3 is 19.3 Å². The highest BCUT2D eigenvalue weighted by Crippen LogP contribution is 2.57. The van der Waals surface area contributed by atoms with Crippen LogP contribution in [0.3, 0.4) is 0 Å². The molecule has 2 saturated heterocycles. The molecule has 1 amide bonds. The number of benzene rings is 1. The number of rotatable bonds is 6. The maximum atomic E-state index is 14.9. The number of carbonyl (C=O) groups excluding carboxylic acids is 1. The number of sulfone groups is 1. The Hall–Kier alpha value is -1.68. The van der Waals surface area contributed by atoms with Gasteiger partial charge in [-0.25, -0.2) is 13.2 Å². The average molecular weight is 606 g/mol. The van der Waals surface area contributed by atoms with E-state index in [1.807, 2.05) is 34.6 Å². The maximum absolute atomic E-state index is 14.9. The van der Waals surface area contributed by atoms with Crippen LogP contribution in [0.15, 0.2) is 35.2 Å². The summed E-state index contributed by atoms with van der Waals surface area (Å²) in [6, 6.07) is 7.70. The van der Waals surface area contributed by atoms with Crippen molar-refractivity contribution in [2.75, 3.05) is 7.11 Å². The second kappa shape index (κ2) is 12.4. The Morgan fingerprint density at radius 3 is 2.38 bits per heavy atom. The van der Waals surface area contributed by atoms with Crippen LogP contribution in [0.25, 0.3) is 0 Å². The largest absolute Gasteiger partial charge is 0.444 e. The monoisotopic (exact) mass is 605 g/mol. The summed E-state index contributed by atoms with van der Waals surface area (Å²) in [5.41, 5.74) is -0.711. The molecule has 2 aliphatic heterocycles. The molecule has 11 atom stereocenters. The van der Waals surface area contributed by atoms with Crippen LogP contribution in [0.5, 0.6) is 0 Å². The Morgan fingerprint density at radius 1 is 1.02 bits per heavy atom. The lowest BCUT2D eigenvalue weighted by Crippen LogP contribution is -2.62. The summed E-state index contributed by atoms with van der Waals surface area (Å²) >= 11 is 0. The van der Waals surface area contributed by atoms with Crippen molar-refractivity contribution in [3.63, 3.8) is 0 Å². The molecule has 2 unspecified atom stereocenters. The van der Waals surface area contributed by atoms with Crippen LogP contribution in [-0.4, -0.2) is 73.1 Å². The molecule has 5 rings (SSSR count). The van der Waals surface area contributed by atoms with Gasteiger partial charge in [-0.15, -0.1) is 0 Å². The molecule has 0 bridgehead atoms. The molecule has 8 nitrogen and oxygen atoms in total. The number of methoxy groups -OCH3 is 1. The highest BCUT2D eigenvalue weighted by Gasteiger charge is 2.60. The van der Waals surface area contributed by atoms with Crippen molar-refractivity contribution in [1.82, 2.24) is 4.90 Å². The van der Waals surface area contributed by atoms with Gasteiger partial charge in [0.05, 0.1) is 28.4 Å². The van der Waals surface area contributed by atoms with Crippen LogP contribution in [0.4, 0.5) is 4.79 Å². The summed E-state index contributed by atoms with van der Waals surface area (Å²) < 4.78 is 47.7. The number of aliphatic hydroxyl groups excluding tert-OH is 1. The molecule has 4 aliphatic rings. The predicted octanol–water partition coefficient (Wildman–Crippen LogP) is 5.82. The first-order chi connectivity index (χ1) is 19.8. The SMILES string of the molecule is CO[C@H]1O[C@@H](C)[C@H]2[C@@H]1C[C@H]1CCCC[C@@H]1[C@H]2C(C(O)[C@@H]1CCC[C@H](C)N1C(=O)OC(C)(C)C)S(=O)(=O)c1ccccc1. The van der Waals surface area contributed by atoms with E-state index in [0.717, 1.165) is 44.9 Å². The molecule has 0 aromatic heterocycles. The third kappa shape index (κ3) is 6.00. The fourth-order valence-corrected chi connectivity index (χ4v) is 11.2. The number of aliphatic hydroxyl groups is 1. The topological polar surface area (TPSA) is 102 Å². The molecule has 0 radical (unpaired) electrons. The van der Waals surface area contributed by atoms with E-state index >= 15 is 0 Å². The average Bonchev–Trinajstić information content (AvgIpc) is 3.26. The van der Waals surface area contributed by atoms with Gasteiger partial charge in [-0.05, 0) is 103 Å². The van der Waals surface area contributed by atoms with Gasteiger partial charge in [-0.2, -0.15) is 0 Å². The van der Waals surface area contributed by atoms with E-state index in [-0.39, 0.29) is 47.0 Å². The lowest BCUT2D eigenvalue weighted by molar-refractivity contribution is -0.132. The van der Waals surface area contributed by atoms with E-state index in [2.05, 4.69) is 0 Å². The quantitative estimate of drug-likeness (QED) is 0.436. The third-order valence-corrected chi connectivity index (χ3v) is 12.8. The first kappa shape index (κ1) is 31.7. The zero-order chi connectivity index (χ0) is 30.4. The maximum Gasteiger partial charge on any atom is 0.410 e.